The van der Waals surface area contributed by atoms with Crippen LogP contribution in [0.15, 0.2) is 48.7 Å². The second-order valence-electron chi connectivity index (χ2n) is 8.85. The quantitative estimate of drug-likeness (QED) is 0.362. The first-order valence-electron chi connectivity index (χ1n) is 10.6. The lowest BCUT2D eigenvalue weighted by Gasteiger charge is -2.23. The van der Waals surface area contributed by atoms with Crippen LogP contribution in [0.5, 0.6) is 5.75 Å². The number of aromatic hydroxyl groups is 1. The molecule has 9 heteroatoms. The number of nitrogens with zero attached hydrogens (tertiary/aromatic N) is 1. The normalized spacial score (nSPS) is 13.6. The molecule has 3 N–H and O–H groups in total. The van der Waals surface area contributed by atoms with E-state index in [-0.39, 0.29) is 24.0 Å². The van der Waals surface area contributed by atoms with Gasteiger partial charge in [-0.3, -0.25) is 14.3 Å². The van der Waals surface area contributed by atoms with E-state index < -0.39 is 19.1 Å². The van der Waals surface area contributed by atoms with Gasteiger partial charge in [0.05, 0.1) is 17.3 Å². The Hall–Kier alpha value is -2.44. The summed E-state index contributed by atoms with van der Waals surface area (Å²) in [5.41, 5.74) is 1.66. The van der Waals surface area contributed by atoms with Gasteiger partial charge in [0.2, 0.25) is 0 Å². The number of hydrogen-bond acceptors (Lipinski definition) is 5. The molecule has 1 atom stereocenters. The van der Waals surface area contributed by atoms with Crippen molar-refractivity contribution in [1.82, 2.24) is 10.3 Å². The Morgan fingerprint density at radius 3 is 2.48 bits per heavy atom. The lowest BCUT2D eigenvalue weighted by atomic mass is 10.0. The minimum absolute atomic E-state index is 0.0275. The van der Waals surface area contributed by atoms with Gasteiger partial charge in [-0.05, 0) is 69.0 Å². The number of carbonyl (C=O) groups is 1. The number of fused-ring (bicyclic) bond motifs is 1. The van der Waals surface area contributed by atoms with Crippen molar-refractivity contribution >= 4 is 36.0 Å². The van der Waals surface area contributed by atoms with Gasteiger partial charge in [0, 0.05) is 23.2 Å². The smallest absolute Gasteiger partial charge is 0.328 e. The van der Waals surface area contributed by atoms with Crippen LogP contribution in [-0.2, 0) is 22.1 Å². The zero-order valence-corrected chi connectivity index (χ0v) is 20.5. The van der Waals surface area contributed by atoms with Crippen LogP contribution >= 0.6 is 19.2 Å². The van der Waals surface area contributed by atoms with Crippen LogP contribution < -0.4 is 5.32 Å². The van der Waals surface area contributed by atoms with E-state index in [0.717, 1.165) is 11.1 Å². The second kappa shape index (κ2) is 10.2. The third-order valence-corrected chi connectivity index (χ3v) is 6.80. The maximum absolute atomic E-state index is 12.6. The Labute approximate surface area is 198 Å². The Balaban J connectivity index is 1.69. The highest BCUT2D eigenvalue weighted by Crippen LogP contribution is 2.46. The van der Waals surface area contributed by atoms with Crippen LogP contribution in [0.2, 0.25) is 5.02 Å². The Morgan fingerprint density at radius 2 is 1.82 bits per heavy atom. The van der Waals surface area contributed by atoms with E-state index in [9.17, 15) is 19.4 Å². The van der Waals surface area contributed by atoms with Crippen molar-refractivity contribution in [3.05, 3.63) is 70.4 Å². The number of nitrogens with one attached hydrogen (secondary N) is 1. The van der Waals surface area contributed by atoms with Crippen molar-refractivity contribution in [1.29, 1.82) is 0 Å². The van der Waals surface area contributed by atoms with Crippen LogP contribution in [0.4, 0.5) is 0 Å². The summed E-state index contributed by atoms with van der Waals surface area (Å²) in [7, 11) is -3.69. The van der Waals surface area contributed by atoms with E-state index in [0.29, 0.717) is 28.8 Å². The van der Waals surface area contributed by atoms with Gasteiger partial charge in [-0.15, -0.1) is 0 Å². The standard InChI is InChI=1S/C24H28ClN2O5P/c1-24(2,3)32-33(30,31)12-4-5-16-8-11-21-19(13-16)22(28)20(15-26-21)23(29)27-14-17-6-9-18(25)10-7-17/h6-11,13,15H,4-5,12,14H2,1-3H3,(H,26,28)(H,27,29)(H,30,31). The first-order chi connectivity index (χ1) is 15.4. The van der Waals surface area contributed by atoms with Crippen LogP contribution in [0.1, 0.15) is 48.7 Å². The van der Waals surface area contributed by atoms with E-state index in [1.165, 1.54) is 6.20 Å². The van der Waals surface area contributed by atoms with Gasteiger partial charge in [-0.25, -0.2) is 0 Å². The van der Waals surface area contributed by atoms with Gasteiger partial charge in [-0.1, -0.05) is 29.8 Å². The van der Waals surface area contributed by atoms with Crippen LogP contribution in [0.25, 0.3) is 10.9 Å². The maximum atomic E-state index is 12.6. The Bertz CT molecular complexity index is 1190. The summed E-state index contributed by atoms with van der Waals surface area (Å²) in [6, 6.07) is 12.5. The second-order valence-corrected chi connectivity index (χ2v) is 11.2. The molecule has 176 valence electrons. The lowest BCUT2D eigenvalue weighted by Crippen LogP contribution is -2.23. The molecule has 7 nitrogen and oxygen atoms in total. The minimum Gasteiger partial charge on any atom is -0.506 e. The van der Waals surface area contributed by atoms with E-state index >= 15 is 0 Å². The molecule has 0 aliphatic heterocycles. The number of aryl methyl sites for hydroxylation is 1. The number of pyridine rings is 1. The van der Waals surface area contributed by atoms with Crippen LogP contribution in [-0.4, -0.2) is 32.7 Å². The lowest BCUT2D eigenvalue weighted by molar-refractivity contribution is 0.0947. The van der Waals surface area contributed by atoms with E-state index in [1.54, 1.807) is 45.0 Å². The molecular formula is C24H28ClN2O5P. The molecular weight excluding hydrogens is 463 g/mol. The highest BCUT2D eigenvalue weighted by Gasteiger charge is 2.26. The number of aromatic nitrogens is 1. The summed E-state index contributed by atoms with van der Waals surface area (Å²) < 4.78 is 17.5. The number of rotatable bonds is 8. The first-order valence-corrected chi connectivity index (χ1v) is 12.7. The van der Waals surface area contributed by atoms with Crippen LogP contribution in [0, 0.1) is 0 Å². The topological polar surface area (TPSA) is 109 Å². The zero-order chi connectivity index (χ0) is 24.2. The summed E-state index contributed by atoms with van der Waals surface area (Å²) in [6.45, 7) is 5.49. The number of amides is 1. The van der Waals surface area contributed by atoms with Crippen LogP contribution in [0.3, 0.4) is 0 Å². The van der Waals surface area contributed by atoms with Gasteiger partial charge >= 0.3 is 7.60 Å². The summed E-state index contributed by atoms with van der Waals surface area (Å²) in [5.74, 6) is -0.595. The molecule has 0 spiro atoms. The Morgan fingerprint density at radius 1 is 1.15 bits per heavy atom. The molecule has 1 heterocycles. The highest BCUT2D eigenvalue weighted by molar-refractivity contribution is 7.52. The van der Waals surface area contributed by atoms with Crippen molar-refractivity contribution in [3.63, 3.8) is 0 Å². The van der Waals surface area contributed by atoms with Gasteiger partial charge in [0.15, 0.2) is 0 Å². The average molecular weight is 491 g/mol. The van der Waals surface area contributed by atoms with Crippen molar-refractivity contribution in [2.45, 2.75) is 45.8 Å². The molecule has 33 heavy (non-hydrogen) atoms. The predicted molar refractivity (Wildman–Crippen MR) is 130 cm³/mol. The third-order valence-electron chi connectivity index (χ3n) is 4.84. The highest BCUT2D eigenvalue weighted by atomic mass is 35.5. The van der Waals surface area contributed by atoms with Gasteiger partial charge in [0.1, 0.15) is 11.3 Å². The fourth-order valence-corrected chi connectivity index (χ4v) is 5.01. The summed E-state index contributed by atoms with van der Waals surface area (Å²) in [6.07, 6.45) is 2.32. The van der Waals surface area contributed by atoms with Gasteiger partial charge in [-0.2, -0.15) is 0 Å². The molecule has 1 aromatic heterocycles. The molecule has 1 unspecified atom stereocenters. The van der Waals surface area contributed by atoms with Gasteiger partial charge in [0.25, 0.3) is 5.91 Å². The average Bonchev–Trinajstić information content (AvgIpc) is 2.72. The molecule has 0 saturated heterocycles. The fourth-order valence-electron chi connectivity index (χ4n) is 3.38. The predicted octanol–water partition coefficient (Wildman–Crippen LogP) is 5.46. The van der Waals surface area contributed by atoms with Crippen molar-refractivity contribution in [3.8, 4) is 5.75 Å². The van der Waals surface area contributed by atoms with Crippen molar-refractivity contribution < 1.29 is 23.9 Å². The molecule has 0 bridgehead atoms. The number of benzene rings is 2. The van der Waals surface area contributed by atoms with Gasteiger partial charge < -0.3 is 19.8 Å². The summed E-state index contributed by atoms with van der Waals surface area (Å²) >= 11 is 5.88. The Kier molecular flexibility index (Phi) is 7.80. The monoisotopic (exact) mass is 490 g/mol. The summed E-state index contributed by atoms with van der Waals surface area (Å²) in [5, 5.41) is 14.6. The molecule has 0 aliphatic rings. The first kappa shape index (κ1) is 25.2. The van der Waals surface area contributed by atoms with E-state index in [4.69, 9.17) is 16.1 Å². The van der Waals surface area contributed by atoms with E-state index in [2.05, 4.69) is 10.3 Å². The molecule has 0 aliphatic carbocycles. The molecule has 2 aromatic carbocycles. The van der Waals surface area contributed by atoms with Crippen molar-refractivity contribution in [2.24, 2.45) is 0 Å². The maximum Gasteiger partial charge on any atom is 0.328 e. The molecule has 0 fully saturated rings. The number of hydrogen-bond donors (Lipinski definition) is 3. The van der Waals surface area contributed by atoms with E-state index in [1.807, 2.05) is 18.2 Å². The molecule has 3 rings (SSSR count). The number of carbonyl (C=O) groups excluding carboxylic acids is 1. The largest absolute Gasteiger partial charge is 0.506 e. The van der Waals surface area contributed by atoms with Crippen molar-refractivity contribution in [2.75, 3.05) is 6.16 Å². The molecule has 1 amide bonds. The minimum atomic E-state index is -3.69. The molecule has 3 aromatic rings. The molecule has 0 radical (unpaired) electrons. The zero-order valence-electron chi connectivity index (χ0n) is 18.8. The molecule has 0 saturated carbocycles. The fraction of sp³-hybridized carbons (Fsp3) is 0.333. The summed E-state index contributed by atoms with van der Waals surface area (Å²) in [4.78, 5) is 26.9. The number of halogens is 1. The SMILES string of the molecule is CC(C)(C)OP(=O)(O)CCCc1ccc2ncc(C(=O)NCc3ccc(Cl)cc3)c(O)c2c1. The third kappa shape index (κ3) is 7.27.